The van der Waals surface area contributed by atoms with Crippen molar-refractivity contribution in [2.45, 2.75) is 46.0 Å². The number of anilines is 1. The molecule has 0 radical (unpaired) electrons. The maximum atomic E-state index is 14.4. The summed E-state index contributed by atoms with van der Waals surface area (Å²) in [4.78, 5) is 27.5. The van der Waals surface area contributed by atoms with E-state index in [1.807, 2.05) is 24.3 Å². The Bertz CT molecular complexity index is 952. The van der Waals surface area contributed by atoms with Gasteiger partial charge in [-0.15, -0.1) is 0 Å². The number of amides is 2. The fourth-order valence-electron chi connectivity index (χ4n) is 3.83. The second-order valence-electron chi connectivity index (χ2n) is 8.96. The molecule has 0 saturated carbocycles. The normalized spacial score (nSPS) is 16.7. The number of hydrogen-bond acceptors (Lipinski definition) is 3. The van der Waals surface area contributed by atoms with Gasteiger partial charge in [0.05, 0.1) is 12.5 Å². The second-order valence-corrected chi connectivity index (χ2v) is 8.96. The smallest absolute Gasteiger partial charge is 0.260 e. The van der Waals surface area contributed by atoms with Crippen LogP contribution in [-0.4, -0.2) is 36.4 Å². The van der Waals surface area contributed by atoms with Gasteiger partial charge in [0.2, 0.25) is 5.91 Å². The Hall–Kier alpha value is -2.89. The lowest BCUT2D eigenvalue weighted by Crippen LogP contribution is -2.44. The minimum absolute atomic E-state index is 0.0210. The third kappa shape index (κ3) is 5.43. The van der Waals surface area contributed by atoms with Crippen LogP contribution in [0.1, 0.15) is 56.5 Å². The fourth-order valence-corrected chi connectivity index (χ4v) is 3.83. The van der Waals surface area contributed by atoms with Gasteiger partial charge in [0.15, 0.2) is 0 Å². The van der Waals surface area contributed by atoms with Crippen LogP contribution in [0, 0.1) is 11.7 Å². The molecule has 166 valence electrons. The van der Waals surface area contributed by atoms with E-state index in [-0.39, 0.29) is 35.1 Å². The largest absolute Gasteiger partial charge is 0.493 e. The van der Waals surface area contributed by atoms with Crippen molar-refractivity contribution in [2.75, 3.05) is 25.0 Å². The Morgan fingerprint density at radius 2 is 1.94 bits per heavy atom. The lowest BCUT2D eigenvalue weighted by Gasteiger charge is -2.32. The number of likely N-dealkylation sites (tertiary alicyclic amines) is 1. The Labute approximate surface area is 183 Å². The van der Waals surface area contributed by atoms with E-state index >= 15 is 0 Å². The molecule has 2 aromatic carbocycles. The topological polar surface area (TPSA) is 58.6 Å². The van der Waals surface area contributed by atoms with Crippen molar-refractivity contribution in [2.24, 2.45) is 5.92 Å². The van der Waals surface area contributed by atoms with Gasteiger partial charge in [0.25, 0.3) is 5.91 Å². The molecule has 3 rings (SSSR count). The SMILES string of the molecule is CCOc1cccc(F)c1C(=O)N1CCC[C@H](C(=O)Nc2cccc(C(C)(C)C)c2)C1. The van der Waals surface area contributed by atoms with Crippen LogP contribution in [0.3, 0.4) is 0 Å². The highest BCUT2D eigenvalue weighted by Crippen LogP contribution is 2.28. The first-order valence-electron chi connectivity index (χ1n) is 10.8. The highest BCUT2D eigenvalue weighted by Gasteiger charge is 2.31. The summed E-state index contributed by atoms with van der Waals surface area (Å²) in [6.07, 6.45) is 1.37. The van der Waals surface area contributed by atoms with Crippen LogP contribution < -0.4 is 10.1 Å². The van der Waals surface area contributed by atoms with Crippen molar-refractivity contribution in [3.8, 4) is 5.75 Å². The quantitative estimate of drug-likeness (QED) is 0.731. The summed E-state index contributed by atoms with van der Waals surface area (Å²) in [6.45, 7) is 9.23. The van der Waals surface area contributed by atoms with Crippen molar-refractivity contribution in [1.29, 1.82) is 0 Å². The first-order chi connectivity index (χ1) is 14.7. The fraction of sp³-hybridized carbons (Fsp3) is 0.440. The van der Waals surface area contributed by atoms with Crippen LogP contribution in [0.25, 0.3) is 0 Å². The molecule has 1 aliphatic rings. The Morgan fingerprint density at radius 3 is 2.65 bits per heavy atom. The van der Waals surface area contributed by atoms with E-state index in [1.165, 1.54) is 12.1 Å². The van der Waals surface area contributed by atoms with Crippen LogP contribution in [-0.2, 0) is 10.2 Å². The molecular weight excluding hydrogens is 395 g/mol. The van der Waals surface area contributed by atoms with Crippen LogP contribution in [0.4, 0.5) is 10.1 Å². The van der Waals surface area contributed by atoms with Gasteiger partial charge in [-0.2, -0.15) is 0 Å². The Morgan fingerprint density at radius 1 is 1.19 bits per heavy atom. The number of piperidine rings is 1. The van der Waals surface area contributed by atoms with Gasteiger partial charge in [-0.25, -0.2) is 4.39 Å². The highest BCUT2D eigenvalue weighted by molar-refractivity contribution is 5.98. The van der Waals surface area contributed by atoms with E-state index in [9.17, 15) is 14.0 Å². The van der Waals surface area contributed by atoms with Gasteiger partial charge in [0, 0.05) is 18.8 Å². The van der Waals surface area contributed by atoms with Crippen molar-refractivity contribution in [3.63, 3.8) is 0 Å². The lowest BCUT2D eigenvalue weighted by molar-refractivity contribution is -0.121. The molecule has 1 atom stereocenters. The van der Waals surface area contributed by atoms with Crippen molar-refractivity contribution in [3.05, 3.63) is 59.4 Å². The molecule has 0 aliphatic carbocycles. The monoisotopic (exact) mass is 426 g/mol. The summed E-state index contributed by atoms with van der Waals surface area (Å²) in [7, 11) is 0. The van der Waals surface area contributed by atoms with Gasteiger partial charge in [-0.3, -0.25) is 9.59 Å². The van der Waals surface area contributed by atoms with E-state index in [2.05, 4.69) is 26.1 Å². The summed E-state index contributed by atoms with van der Waals surface area (Å²) in [6, 6.07) is 12.2. The summed E-state index contributed by atoms with van der Waals surface area (Å²) in [5.74, 6) is -1.28. The summed E-state index contributed by atoms with van der Waals surface area (Å²) >= 11 is 0. The minimum atomic E-state index is -0.610. The molecule has 0 bridgehead atoms. The molecule has 1 aliphatic heterocycles. The molecule has 0 spiro atoms. The maximum Gasteiger partial charge on any atom is 0.260 e. The zero-order chi connectivity index (χ0) is 22.6. The van der Waals surface area contributed by atoms with Crippen LogP contribution in [0.5, 0.6) is 5.75 Å². The van der Waals surface area contributed by atoms with Crippen molar-refractivity contribution in [1.82, 2.24) is 4.90 Å². The molecule has 1 N–H and O–H groups in total. The van der Waals surface area contributed by atoms with Gasteiger partial charge in [0.1, 0.15) is 17.1 Å². The average Bonchev–Trinajstić information content (AvgIpc) is 2.73. The van der Waals surface area contributed by atoms with Gasteiger partial charge in [-0.05, 0) is 55.0 Å². The predicted octanol–water partition coefficient (Wildman–Crippen LogP) is 5.01. The number of nitrogens with zero attached hydrogens (tertiary/aromatic N) is 1. The molecule has 31 heavy (non-hydrogen) atoms. The van der Waals surface area contributed by atoms with Gasteiger partial charge in [-0.1, -0.05) is 39.0 Å². The number of nitrogens with one attached hydrogen (secondary N) is 1. The van der Waals surface area contributed by atoms with Crippen molar-refractivity contribution < 1.29 is 18.7 Å². The average molecular weight is 427 g/mol. The zero-order valence-corrected chi connectivity index (χ0v) is 18.7. The van der Waals surface area contributed by atoms with Crippen molar-refractivity contribution >= 4 is 17.5 Å². The third-order valence-electron chi connectivity index (χ3n) is 5.56. The van der Waals surface area contributed by atoms with E-state index in [1.54, 1.807) is 17.9 Å². The molecule has 1 heterocycles. The standard InChI is InChI=1S/C25H31FN2O3/c1-5-31-21-13-7-12-20(26)22(21)24(30)28-14-8-9-17(16-28)23(29)27-19-11-6-10-18(15-19)25(2,3)4/h6-7,10-13,15,17H,5,8-9,14,16H2,1-4H3,(H,27,29)/t17-/m0/s1. The lowest BCUT2D eigenvalue weighted by atomic mass is 9.87. The Balaban J connectivity index is 1.72. The number of rotatable bonds is 5. The van der Waals surface area contributed by atoms with Crippen LogP contribution >= 0.6 is 0 Å². The molecule has 6 heteroatoms. The predicted molar refractivity (Wildman–Crippen MR) is 120 cm³/mol. The highest BCUT2D eigenvalue weighted by atomic mass is 19.1. The summed E-state index contributed by atoms with van der Waals surface area (Å²) in [5.41, 5.74) is 1.79. The zero-order valence-electron chi connectivity index (χ0n) is 18.7. The molecule has 0 unspecified atom stereocenters. The molecule has 5 nitrogen and oxygen atoms in total. The molecule has 0 aromatic heterocycles. The number of hydrogen-bond donors (Lipinski definition) is 1. The minimum Gasteiger partial charge on any atom is -0.493 e. The Kier molecular flexibility index (Phi) is 6.98. The maximum absolute atomic E-state index is 14.4. The molecule has 2 aromatic rings. The van der Waals surface area contributed by atoms with E-state index in [0.717, 1.165) is 11.3 Å². The number of carbonyl (C=O) groups is 2. The van der Waals surface area contributed by atoms with E-state index < -0.39 is 11.7 Å². The summed E-state index contributed by atoms with van der Waals surface area (Å²) in [5, 5.41) is 2.99. The third-order valence-corrected chi connectivity index (χ3v) is 5.56. The number of ether oxygens (including phenoxy) is 1. The van der Waals surface area contributed by atoms with Crippen LogP contribution in [0.15, 0.2) is 42.5 Å². The van der Waals surface area contributed by atoms with Crippen LogP contribution in [0.2, 0.25) is 0 Å². The molecule has 1 fully saturated rings. The molecular formula is C25H31FN2O3. The second kappa shape index (κ2) is 9.50. The number of benzene rings is 2. The van der Waals surface area contributed by atoms with E-state index in [4.69, 9.17) is 4.74 Å². The first kappa shape index (κ1) is 22.8. The molecule has 2 amide bonds. The van der Waals surface area contributed by atoms with E-state index in [0.29, 0.717) is 26.0 Å². The number of halogens is 1. The molecule has 1 saturated heterocycles. The summed E-state index contributed by atoms with van der Waals surface area (Å²) < 4.78 is 19.9. The number of carbonyl (C=O) groups excluding carboxylic acids is 2. The first-order valence-corrected chi connectivity index (χ1v) is 10.8. The van der Waals surface area contributed by atoms with Gasteiger partial charge < -0.3 is 15.0 Å². The van der Waals surface area contributed by atoms with Gasteiger partial charge >= 0.3 is 0 Å².